The zero-order valence-corrected chi connectivity index (χ0v) is 9.22. The van der Waals surface area contributed by atoms with E-state index < -0.39 is 0 Å². The first-order valence-corrected chi connectivity index (χ1v) is 5.70. The molecule has 0 N–H and O–H groups in total. The molecule has 16 heavy (non-hydrogen) atoms. The molecule has 3 atom stereocenters. The second kappa shape index (κ2) is 3.48. The lowest BCUT2D eigenvalue weighted by atomic mass is 9.90. The zero-order chi connectivity index (χ0) is 11.1. The number of ether oxygens (including phenoxy) is 1. The third-order valence-corrected chi connectivity index (χ3v) is 3.53. The zero-order valence-electron chi connectivity index (χ0n) is 9.22. The standard InChI is InChI=1S/C14H14O2/c1-9(15)16-14-7-6-10-8-13(14)12-5-3-2-4-11(10)12/h2-7,10,13-14H,8H2,1H3/t10-,13+,14+/m1/s1. The number of fused-ring (bicyclic) bond motifs is 5. The molecule has 1 aromatic rings. The largest absolute Gasteiger partial charge is 0.458 e. The normalized spacial score (nSPS) is 29.9. The highest BCUT2D eigenvalue weighted by molar-refractivity contribution is 5.66. The molecule has 0 unspecified atom stereocenters. The number of allylic oxidation sites excluding steroid dienone is 1. The molecule has 0 heterocycles. The van der Waals surface area contributed by atoms with Gasteiger partial charge < -0.3 is 4.74 Å². The Morgan fingerprint density at radius 2 is 2.00 bits per heavy atom. The van der Waals surface area contributed by atoms with Crippen molar-refractivity contribution in [1.29, 1.82) is 0 Å². The molecule has 2 bridgehead atoms. The van der Waals surface area contributed by atoms with Gasteiger partial charge in [0.1, 0.15) is 6.10 Å². The Hall–Kier alpha value is -1.57. The molecule has 2 aliphatic carbocycles. The number of esters is 1. The molecule has 0 saturated heterocycles. The number of hydrogen-bond donors (Lipinski definition) is 0. The molecule has 82 valence electrons. The van der Waals surface area contributed by atoms with Crippen LogP contribution in [0.15, 0.2) is 36.4 Å². The Morgan fingerprint density at radius 3 is 2.75 bits per heavy atom. The first-order chi connectivity index (χ1) is 7.75. The van der Waals surface area contributed by atoms with Crippen LogP contribution in [0.1, 0.15) is 36.3 Å². The second-order valence-electron chi connectivity index (χ2n) is 4.54. The lowest BCUT2D eigenvalue weighted by Gasteiger charge is -2.24. The average molecular weight is 214 g/mol. The van der Waals surface area contributed by atoms with Gasteiger partial charge in [-0.05, 0) is 23.6 Å². The number of benzene rings is 1. The van der Waals surface area contributed by atoms with Gasteiger partial charge in [-0.25, -0.2) is 0 Å². The highest BCUT2D eigenvalue weighted by Crippen LogP contribution is 2.48. The van der Waals surface area contributed by atoms with Gasteiger partial charge in [-0.15, -0.1) is 0 Å². The summed E-state index contributed by atoms with van der Waals surface area (Å²) in [7, 11) is 0. The quantitative estimate of drug-likeness (QED) is 0.530. The van der Waals surface area contributed by atoms with Crippen molar-refractivity contribution in [3.63, 3.8) is 0 Å². The van der Waals surface area contributed by atoms with E-state index in [0.29, 0.717) is 11.8 Å². The highest BCUT2D eigenvalue weighted by atomic mass is 16.5. The van der Waals surface area contributed by atoms with E-state index in [1.807, 2.05) is 6.08 Å². The van der Waals surface area contributed by atoms with E-state index in [1.165, 1.54) is 18.1 Å². The molecule has 0 saturated carbocycles. The van der Waals surface area contributed by atoms with Crippen molar-refractivity contribution in [3.8, 4) is 0 Å². The molecule has 0 aliphatic heterocycles. The van der Waals surface area contributed by atoms with Crippen LogP contribution in [0.4, 0.5) is 0 Å². The molecule has 3 rings (SSSR count). The van der Waals surface area contributed by atoms with E-state index in [9.17, 15) is 4.79 Å². The fourth-order valence-corrected chi connectivity index (χ4v) is 2.90. The average Bonchev–Trinajstić information content (AvgIpc) is 2.58. The molecule has 0 amide bonds. The molecule has 0 aromatic heterocycles. The summed E-state index contributed by atoms with van der Waals surface area (Å²) in [6, 6.07) is 8.47. The summed E-state index contributed by atoms with van der Waals surface area (Å²) in [5, 5.41) is 0. The predicted octanol–water partition coefficient (Wildman–Crippen LogP) is 2.76. The van der Waals surface area contributed by atoms with Gasteiger partial charge in [0.05, 0.1) is 0 Å². The summed E-state index contributed by atoms with van der Waals surface area (Å²) in [6.45, 7) is 1.47. The molecule has 1 aromatic carbocycles. The lowest BCUT2D eigenvalue weighted by Crippen LogP contribution is -2.23. The van der Waals surface area contributed by atoms with Crippen LogP contribution < -0.4 is 0 Å². The van der Waals surface area contributed by atoms with Crippen LogP contribution in [0.5, 0.6) is 0 Å². The highest BCUT2D eigenvalue weighted by Gasteiger charge is 2.38. The summed E-state index contributed by atoms with van der Waals surface area (Å²) in [6.07, 6.45) is 5.22. The Balaban J connectivity index is 1.98. The van der Waals surface area contributed by atoms with Crippen molar-refractivity contribution in [1.82, 2.24) is 0 Å². The maximum atomic E-state index is 11.0. The van der Waals surface area contributed by atoms with Crippen LogP contribution in [0.2, 0.25) is 0 Å². The first-order valence-electron chi connectivity index (χ1n) is 5.70. The monoisotopic (exact) mass is 214 g/mol. The maximum Gasteiger partial charge on any atom is 0.303 e. The van der Waals surface area contributed by atoms with Gasteiger partial charge in [0.15, 0.2) is 0 Å². The van der Waals surface area contributed by atoms with Crippen molar-refractivity contribution in [2.45, 2.75) is 31.3 Å². The van der Waals surface area contributed by atoms with Crippen molar-refractivity contribution < 1.29 is 9.53 Å². The summed E-state index contributed by atoms with van der Waals surface area (Å²) in [4.78, 5) is 11.0. The second-order valence-corrected chi connectivity index (χ2v) is 4.54. The van der Waals surface area contributed by atoms with Gasteiger partial charge in [0.2, 0.25) is 0 Å². The Bertz CT molecular complexity index is 462. The molecular weight excluding hydrogens is 200 g/mol. The maximum absolute atomic E-state index is 11.0. The van der Waals surface area contributed by atoms with E-state index in [4.69, 9.17) is 4.74 Å². The van der Waals surface area contributed by atoms with Gasteiger partial charge in [-0.1, -0.05) is 30.3 Å². The summed E-state index contributed by atoms with van der Waals surface area (Å²) in [5.74, 6) is 0.681. The van der Waals surface area contributed by atoms with E-state index >= 15 is 0 Å². The van der Waals surface area contributed by atoms with Crippen LogP contribution in [0.3, 0.4) is 0 Å². The summed E-state index contributed by atoms with van der Waals surface area (Å²) in [5.41, 5.74) is 2.75. The van der Waals surface area contributed by atoms with E-state index in [-0.39, 0.29) is 12.1 Å². The van der Waals surface area contributed by atoms with Crippen LogP contribution in [0, 0.1) is 0 Å². The van der Waals surface area contributed by atoms with Gasteiger partial charge in [-0.3, -0.25) is 4.79 Å². The molecule has 0 fully saturated rings. The minimum absolute atomic E-state index is 0.0719. The van der Waals surface area contributed by atoms with Gasteiger partial charge in [0.25, 0.3) is 0 Å². The van der Waals surface area contributed by atoms with Crippen molar-refractivity contribution in [2.75, 3.05) is 0 Å². The Kier molecular flexibility index (Phi) is 2.10. The molecule has 2 aliphatic rings. The van der Waals surface area contributed by atoms with E-state index in [0.717, 1.165) is 6.42 Å². The smallest absolute Gasteiger partial charge is 0.303 e. The van der Waals surface area contributed by atoms with Crippen LogP contribution in [-0.4, -0.2) is 12.1 Å². The number of rotatable bonds is 1. The minimum Gasteiger partial charge on any atom is -0.458 e. The topological polar surface area (TPSA) is 26.3 Å². The van der Waals surface area contributed by atoms with E-state index in [1.54, 1.807) is 0 Å². The molecule has 0 spiro atoms. The number of hydrogen-bond acceptors (Lipinski definition) is 2. The van der Waals surface area contributed by atoms with Crippen LogP contribution in [-0.2, 0) is 9.53 Å². The van der Waals surface area contributed by atoms with Crippen molar-refractivity contribution >= 4 is 5.97 Å². The van der Waals surface area contributed by atoms with Gasteiger partial charge in [0, 0.05) is 18.8 Å². The fraction of sp³-hybridized carbons (Fsp3) is 0.357. The minimum atomic E-state index is -0.197. The van der Waals surface area contributed by atoms with Gasteiger partial charge >= 0.3 is 5.97 Å². The number of carbonyl (C=O) groups is 1. The third-order valence-electron chi connectivity index (χ3n) is 3.53. The fourth-order valence-electron chi connectivity index (χ4n) is 2.90. The summed E-state index contributed by atoms with van der Waals surface area (Å²) >= 11 is 0. The Morgan fingerprint density at radius 1 is 1.25 bits per heavy atom. The predicted molar refractivity (Wildman–Crippen MR) is 61.2 cm³/mol. The third kappa shape index (κ3) is 1.37. The van der Waals surface area contributed by atoms with Crippen LogP contribution >= 0.6 is 0 Å². The van der Waals surface area contributed by atoms with Crippen LogP contribution in [0.25, 0.3) is 0 Å². The summed E-state index contributed by atoms with van der Waals surface area (Å²) < 4.78 is 5.35. The van der Waals surface area contributed by atoms with E-state index in [2.05, 4.69) is 30.3 Å². The molecular formula is C14H14O2. The van der Waals surface area contributed by atoms with Crippen molar-refractivity contribution in [3.05, 3.63) is 47.5 Å². The molecule has 2 nitrogen and oxygen atoms in total. The van der Waals surface area contributed by atoms with Crippen molar-refractivity contribution in [2.24, 2.45) is 0 Å². The first kappa shape index (κ1) is 9.64. The Labute approximate surface area is 94.9 Å². The SMILES string of the molecule is CC(=O)O[C@H]1C=C[C@@H]2C[C@H]1c1ccccc12. The number of carbonyl (C=O) groups excluding carboxylic acids is 1. The lowest BCUT2D eigenvalue weighted by molar-refractivity contribution is -0.145. The van der Waals surface area contributed by atoms with Gasteiger partial charge in [-0.2, -0.15) is 0 Å². The molecule has 0 radical (unpaired) electrons. The molecule has 2 heteroatoms.